The molecule has 3 aromatic rings. The van der Waals surface area contributed by atoms with Gasteiger partial charge in [0.15, 0.2) is 6.17 Å². The lowest BCUT2D eigenvalue weighted by Gasteiger charge is -2.23. The Bertz CT molecular complexity index is 1040. The predicted molar refractivity (Wildman–Crippen MR) is 107 cm³/mol. The quantitative estimate of drug-likeness (QED) is 0.630. The van der Waals surface area contributed by atoms with E-state index in [9.17, 15) is 4.79 Å². The van der Waals surface area contributed by atoms with E-state index in [-0.39, 0.29) is 6.61 Å². The molecule has 1 amide bonds. The molecule has 0 saturated carbocycles. The molecule has 0 saturated heterocycles. The highest BCUT2D eigenvalue weighted by Gasteiger charge is 2.32. The summed E-state index contributed by atoms with van der Waals surface area (Å²) in [5, 5.41) is 4.79. The van der Waals surface area contributed by atoms with Crippen LogP contribution in [0.3, 0.4) is 0 Å². The van der Waals surface area contributed by atoms with Gasteiger partial charge in [-0.15, -0.1) is 0 Å². The number of carbonyl (C=O) groups excluding carboxylic acids is 1. The van der Waals surface area contributed by atoms with E-state index in [4.69, 9.17) is 25.9 Å². The molecule has 1 aliphatic heterocycles. The standard InChI is InChI=1S/C21H18ClN3O3/c1-3-27-21(26)25(2)20-19-17(12-28-24-19)15-6-4-5-7-16(15)18(23-20)13-8-10-14(22)11-9-13/h4-12,20H,3H2,1-2H3. The number of carbonyl (C=O) groups is 1. The van der Waals surface area contributed by atoms with Crippen molar-refractivity contribution in [2.24, 2.45) is 4.99 Å². The molecule has 142 valence electrons. The Morgan fingerprint density at radius 1 is 1.14 bits per heavy atom. The van der Waals surface area contributed by atoms with Crippen LogP contribution in [0.15, 0.2) is 64.3 Å². The van der Waals surface area contributed by atoms with E-state index in [1.165, 1.54) is 4.90 Å². The number of aromatic nitrogens is 1. The number of amides is 1. The molecule has 7 heteroatoms. The molecule has 1 aliphatic rings. The van der Waals surface area contributed by atoms with Gasteiger partial charge in [0.25, 0.3) is 0 Å². The normalized spacial score (nSPS) is 15.1. The summed E-state index contributed by atoms with van der Waals surface area (Å²) in [5.74, 6) is 0. The Morgan fingerprint density at radius 2 is 1.86 bits per heavy atom. The van der Waals surface area contributed by atoms with Crippen LogP contribution in [0.2, 0.25) is 5.02 Å². The van der Waals surface area contributed by atoms with Gasteiger partial charge in [-0.1, -0.05) is 53.2 Å². The summed E-state index contributed by atoms with van der Waals surface area (Å²) >= 11 is 6.06. The lowest BCUT2D eigenvalue weighted by Crippen LogP contribution is -2.31. The van der Waals surface area contributed by atoms with Crippen LogP contribution in [0.1, 0.15) is 29.9 Å². The van der Waals surface area contributed by atoms with Crippen LogP contribution in [0.5, 0.6) is 0 Å². The number of ether oxygens (including phenoxy) is 1. The van der Waals surface area contributed by atoms with Gasteiger partial charge in [-0.3, -0.25) is 9.89 Å². The van der Waals surface area contributed by atoms with Gasteiger partial charge in [-0.25, -0.2) is 4.79 Å². The summed E-state index contributed by atoms with van der Waals surface area (Å²) in [4.78, 5) is 18.7. The van der Waals surface area contributed by atoms with Gasteiger partial charge in [0, 0.05) is 28.8 Å². The molecular formula is C21H18ClN3O3. The molecule has 0 aliphatic carbocycles. The van der Waals surface area contributed by atoms with Crippen LogP contribution >= 0.6 is 11.6 Å². The van der Waals surface area contributed by atoms with E-state index in [1.807, 2.05) is 48.5 Å². The Kier molecular flexibility index (Phi) is 4.88. The molecule has 1 atom stereocenters. The number of fused-ring (bicyclic) bond motifs is 3. The topological polar surface area (TPSA) is 67.9 Å². The average molecular weight is 396 g/mol. The third kappa shape index (κ3) is 3.16. The number of benzene rings is 2. The summed E-state index contributed by atoms with van der Waals surface area (Å²) in [6.07, 6.45) is 0.415. The van der Waals surface area contributed by atoms with Crippen molar-refractivity contribution in [3.8, 4) is 11.1 Å². The number of hydrogen-bond donors (Lipinski definition) is 0. The molecule has 4 rings (SSSR count). The second-order valence-electron chi connectivity index (χ2n) is 6.33. The van der Waals surface area contributed by atoms with Crippen molar-refractivity contribution in [3.63, 3.8) is 0 Å². The second-order valence-corrected chi connectivity index (χ2v) is 6.76. The van der Waals surface area contributed by atoms with Crippen molar-refractivity contribution < 1.29 is 14.1 Å². The second kappa shape index (κ2) is 7.48. The zero-order valence-electron chi connectivity index (χ0n) is 15.4. The van der Waals surface area contributed by atoms with Crippen LogP contribution in [0.4, 0.5) is 4.79 Å². The van der Waals surface area contributed by atoms with Crippen molar-refractivity contribution in [2.75, 3.05) is 13.7 Å². The molecule has 0 spiro atoms. The first-order valence-electron chi connectivity index (χ1n) is 8.87. The van der Waals surface area contributed by atoms with E-state index < -0.39 is 12.3 Å². The molecule has 6 nitrogen and oxygen atoms in total. The fraction of sp³-hybridized carbons (Fsp3) is 0.190. The Hall–Kier alpha value is -3.12. The van der Waals surface area contributed by atoms with Gasteiger partial charge in [-0.2, -0.15) is 0 Å². The van der Waals surface area contributed by atoms with Gasteiger partial charge < -0.3 is 9.26 Å². The predicted octanol–water partition coefficient (Wildman–Crippen LogP) is 4.93. The third-order valence-corrected chi connectivity index (χ3v) is 4.86. The van der Waals surface area contributed by atoms with Gasteiger partial charge >= 0.3 is 6.09 Å². The monoisotopic (exact) mass is 395 g/mol. The van der Waals surface area contributed by atoms with E-state index in [0.29, 0.717) is 10.7 Å². The summed E-state index contributed by atoms with van der Waals surface area (Å²) in [7, 11) is 1.64. The highest BCUT2D eigenvalue weighted by molar-refractivity contribution is 6.30. The lowest BCUT2D eigenvalue weighted by molar-refractivity contribution is 0.101. The van der Waals surface area contributed by atoms with Crippen LogP contribution in [-0.4, -0.2) is 35.5 Å². The van der Waals surface area contributed by atoms with Crippen LogP contribution in [-0.2, 0) is 4.74 Å². The number of aliphatic imine (C=N–C) groups is 1. The molecule has 1 aromatic heterocycles. The molecule has 2 aromatic carbocycles. The van der Waals surface area contributed by atoms with Crippen LogP contribution < -0.4 is 0 Å². The van der Waals surface area contributed by atoms with Gasteiger partial charge in [0.2, 0.25) is 0 Å². The summed E-state index contributed by atoms with van der Waals surface area (Å²) in [6, 6.07) is 15.3. The maximum Gasteiger partial charge on any atom is 0.411 e. The largest absolute Gasteiger partial charge is 0.450 e. The van der Waals surface area contributed by atoms with Crippen molar-refractivity contribution in [2.45, 2.75) is 13.1 Å². The molecule has 0 fully saturated rings. The summed E-state index contributed by atoms with van der Waals surface area (Å²) in [6.45, 7) is 2.04. The Morgan fingerprint density at radius 3 is 2.57 bits per heavy atom. The van der Waals surface area contributed by atoms with Crippen LogP contribution in [0, 0.1) is 0 Å². The van der Waals surface area contributed by atoms with E-state index in [0.717, 1.165) is 28.0 Å². The summed E-state index contributed by atoms with van der Waals surface area (Å²) in [5.41, 5.74) is 4.85. The Labute approximate surface area is 167 Å². The fourth-order valence-corrected chi connectivity index (χ4v) is 3.37. The van der Waals surface area contributed by atoms with Gasteiger partial charge in [0.1, 0.15) is 12.0 Å². The first kappa shape index (κ1) is 18.3. The van der Waals surface area contributed by atoms with Crippen molar-refractivity contribution in [1.29, 1.82) is 0 Å². The lowest BCUT2D eigenvalue weighted by atomic mass is 9.94. The van der Waals surface area contributed by atoms with E-state index >= 15 is 0 Å². The summed E-state index contributed by atoms with van der Waals surface area (Å²) < 4.78 is 10.4. The highest BCUT2D eigenvalue weighted by atomic mass is 35.5. The average Bonchev–Trinajstić information content (AvgIpc) is 3.14. The van der Waals surface area contributed by atoms with Gasteiger partial charge in [-0.05, 0) is 24.6 Å². The maximum atomic E-state index is 12.4. The number of halogens is 1. The van der Waals surface area contributed by atoms with Gasteiger partial charge in [0.05, 0.1) is 12.3 Å². The number of rotatable bonds is 3. The minimum absolute atomic E-state index is 0.273. The molecule has 0 bridgehead atoms. The first-order chi connectivity index (χ1) is 13.6. The molecule has 28 heavy (non-hydrogen) atoms. The molecule has 0 radical (unpaired) electrons. The third-order valence-electron chi connectivity index (χ3n) is 4.61. The zero-order chi connectivity index (χ0) is 19.7. The number of hydrogen-bond acceptors (Lipinski definition) is 5. The molecule has 1 unspecified atom stereocenters. The molecular weight excluding hydrogens is 378 g/mol. The maximum absolute atomic E-state index is 12.4. The van der Waals surface area contributed by atoms with Crippen molar-refractivity contribution in [3.05, 3.63) is 76.6 Å². The molecule has 0 N–H and O–H groups in total. The molecule has 2 heterocycles. The fourth-order valence-electron chi connectivity index (χ4n) is 3.24. The minimum atomic E-state index is -0.689. The van der Waals surface area contributed by atoms with E-state index in [1.54, 1.807) is 20.2 Å². The zero-order valence-corrected chi connectivity index (χ0v) is 16.2. The van der Waals surface area contributed by atoms with Crippen molar-refractivity contribution >= 4 is 23.4 Å². The Balaban J connectivity index is 1.93. The smallest absolute Gasteiger partial charge is 0.411 e. The number of nitrogens with zero attached hydrogens (tertiary/aromatic N) is 3. The van der Waals surface area contributed by atoms with E-state index in [2.05, 4.69) is 5.16 Å². The van der Waals surface area contributed by atoms with Crippen molar-refractivity contribution in [1.82, 2.24) is 10.1 Å². The minimum Gasteiger partial charge on any atom is -0.450 e. The first-order valence-corrected chi connectivity index (χ1v) is 9.25. The highest BCUT2D eigenvalue weighted by Crippen LogP contribution is 2.38. The van der Waals surface area contributed by atoms with Crippen LogP contribution in [0.25, 0.3) is 11.1 Å². The SMILES string of the molecule is CCOC(=O)N(C)C1N=C(c2ccc(Cl)cc2)c2ccccc2-c2conc21.